The first-order valence-electron chi connectivity index (χ1n) is 8.86. The minimum absolute atomic E-state index is 0.0707. The van der Waals surface area contributed by atoms with Gasteiger partial charge >= 0.3 is 0 Å². The molecule has 0 aliphatic heterocycles. The number of carbonyl (C=O) groups is 1. The third-order valence-electron chi connectivity index (χ3n) is 4.51. The van der Waals surface area contributed by atoms with Crippen LogP contribution in [0, 0.1) is 20.8 Å². The van der Waals surface area contributed by atoms with Gasteiger partial charge in [0, 0.05) is 5.69 Å². The normalized spacial score (nSPS) is 10.8. The number of hydrogen-bond acceptors (Lipinski definition) is 5. The van der Waals surface area contributed by atoms with Crippen molar-refractivity contribution >= 4 is 23.4 Å². The molecule has 0 unspecified atom stereocenters. The van der Waals surface area contributed by atoms with Crippen molar-refractivity contribution in [2.75, 3.05) is 11.1 Å². The number of carbonyl (C=O) groups excluding carboxylic acids is 1. The summed E-state index contributed by atoms with van der Waals surface area (Å²) in [6.07, 6.45) is 0.870. The highest BCUT2D eigenvalue weighted by molar-refractivity contribution is 7.99. The molecule has 3 rings (SSSR count). The molecule has 0 saturated carbocycles. The molecule has 0 aliphatic carbocycles. The molecule has 7 heteroatoms. The summed E-state index contributed by atoms with van der Waals surface area (Å²) in [7, 11) is 0. The zero-order valence-corrected chi connectivity index (χ0v) is 16.8. The van der Waals surface area contributed by atoms with Gasteiger partial charge in [-0.25, -0.2) is 0 Å². The van der Waals surface area contributed by atoms with Gasteiger partial charge in [0.15, 0.2) is 0 Å². The van der Waals surface area contributed by atoms with Gasteiger partial charge in [-0.05, 0) is 72.0 Å². The van der Waals surface area contributed by atoms with Crippen molar-refractivity contribution in [3.05, 3.63) is 58.7 Å². The van der Waals surface area contributed by atoms with Gasteiger partial charge in [0.1, 0.15) is 0 Å². The molecule has 0 bridgehead atoms. The van der Waals surface area contributed by atoms with E-state index >= 15 is 0 Å². The molecule has 1 heterocycles. The number of tetrazole rings is 1. The van der Waals surface area contributed by atoms with Crippen LogP contribution in [-0.2, 0) is 11.2 Å². The highest BCUT2D eigenvalue weighted by Crippen LogP contribution is 2.23. The van der Waals surface area contributed by atoms with Gasteiger partial charge in [0.05, 0.1) is 11.4 Å². The van der Waals surface area contributed by atoms with Crippen LogP contribution in [0.25, 0.3) is 5.69 Å². The maximum atomic E-state index is 12.5. The van der Waals surface area contributed by atoms with E-state index in [1.165, 1.54) is 22.9 Å². The third kappa shape index (κ3) is 4.36. The SMILES string of the molecule is CCc1cccc(C)c1NC(=O)CSc1nnnn1-c1ccc(C)c(C)c1. The van der Waals surface area contributed by atoms with E-state index in [4.69, 9.17) is 0 Å². The summed E-state index contributed by atoms with van der Waals surface area (Å²) in [6.45, 7) is 8.20. The second-order valence-electron chi connectivity index (χ2n) is 6.44. The molecule has 3 aromatic rings. The summed E-state index contributed by atoms with van der Waals surface area (Å²) in [5, 5.41) is 15.5. The number of hydrogen-bond donors (Lipinski definition) is 1. The summed E-state index contributed by atoms with van der Waals surface area (Å²) in [5.74, 6) is 0.168. The predicted octanol–water partition coefficient (Wildman–Crippen LogP) is 3.88. The molecule has 0 radical (unpaired) electrons. The minimum atomic E-state index is -0.0707. The predicted molar refractivity (Wildman–Crippen MR) is 109 cm³/mol. The summed E-state index contributed by atoms with van der Waals surface area (Å²) >= 11 is 1.32. The Bertz CT molecular complexity index is 967. The molecule has 6 nitrogen and oxygen atoms in total. The van der Waals surface area contributed by atoms with Crippen LogP contribution in [-0.4, -0.2) is 31.9 Å². The van der Waals surface area contributed by atoms with Crippen molar-refractivity contribution in [2.24, 2.45) is 0 Å². The van der Waals surface area contributed by atoms with Crippen molar-refractivity contribution in [1.82, 2.24) is 20.2 Å². The van der Waals surface area contributed by atoms with E-state index in [-0.39, 0.29) is 11.7 Å². The first-order chi connectivity index (χ1) is 13.0. The van der Waals surface area contributed by atoms with Gasteiger partial charge in [0.2, 0.25) is 11.1 Å². The fourth-order valence-electron chi connectivity index (χ4n) is 2.80. The monoisotopic (exact) mass is 381 g/mol. The maximum absolute atomic E-state index is 12.5. The number of para-hydroxylation sites is 1. The quantitative estimate of drug-likeness (QED) is 0.656. The van der Waals surface area contributed by atoms with Crippen LogP contribution >= 0.6 is 11.8 Å². The van der Waals surface area contributed by atoms with Crippen LogP contribution in [0.3, 0.4) is 0 Å². The lowest BCUT2D eigenvalue weighted by atomic mass is 10.1. The average Bonchev–Trinajstić information content (AvgIpc) is 3.12. The van der Waals surface area contributed by atoms with Crippen LogP contribution in [0.2, 0.25) is 0 Å². The van der Waals surface area contributed by atoms with E-state index in [2.05, 4.69) is 41.6 Å². The molecule has 0 spiro atoms. The Morgan fingerprint density at radius 3 is 2.67 bits per heavy atom. The molecular formula is C20H23N5OS. The fourth-order valence-corrected chi connectivity index (χ4v) is 3.49. The average molecular weight is 382 g/mol. The standard InChI is InChI=1S/C20H23N5OS/c1-5-16-8-6-7-14(3)19(16)21-18(26)12-27-20-22-23-24-25(20)17-10-9-13(2)15(4)11-17/h6-11H,5,12H2,1-4H3,(H,21,26). The van der Waals surface area contributed by atoms with E-state index in [9.17, 15) is 4.79 Å². The number of nitrogens with zero attached hydrogens (tertiary/aromatic N) is 4. The van der Waals surface area contributed by atoms with E-state index in [0.717, 1.165) is 28.9 Å². The molecule has 1 aromatic heterocycles. The van der Waals surface area contributed by atoms with E-state index in [1.807, 2.05) is 43.3 Å². The number of thioether (sulfide) groups is 1. The molecule has 0 atom stereocenters. The van der Waals surface area contributed by atoms with E-state index in [1.54, 1.807) is 4.68 Å². The lowest BCUT2D eigenvalue weighted by Crippen LogP contribution is -2.16. The molecule has 140 valence electrons. The zero-order chi connectivity index (χ0) is 19.4. The molecule has 1 amide bonds. The Hall–Kier alpha value is -2.67. The molecule has 1 N–H and O–H groups in total. The van der Waals surface area contributed by atoms with Crippen LogP contribution in [0.5, 0.6) is 0 Å². The summed E-state index contributed by atoms with van der Waals surface area (Å²) in [6, 6.07) is 12.1. The number of aromatic nitrogens is 4. The van der Waals surface area contributed by atoms with Crippen molar-refractivity contribution in [1.29, 1.82) is 0 Å². The van der Waals surface area contributed by atoms with Crippen molar-refractivity contribution in [3.8, 4) is 5.69 Å². The van der Waals surface area contributed by atoms with Gasteiger partial charge in [-0.2, -0.15) is 4.68 Å². The lowest BCUT2D eigenvalue weighted by molar-refractivity contribution is -0.113. The van der Waals surface area contributed by atoms with Gasteiger partial charge in [0.25, 0.3) is 0 Å². The maximum Gasteiger partial charge on any atom is 0.234 e. The molecule has 0 aliphatic rings. The first-order valence-corrected chi connectivity index (χ1v) is 9.85. The largest absolute Gasteiger partial charge is 0.325 e. The number of nitrogens with one attached hydrogen (secondary N) is 1. The number of amides is 1. The summed E-state index contributed by atoms with van der Waals surface area (Å²) in [5.41, 5.74) is 6.37. The van der Waals surface area contributed by atoms with E-state index in [0.29, 0.717) is 5.16 Å². The molecule has 2 aromatic carbocycles. The van der Waals surface area contributed by atoms with Crippen LogP contribution in [0.4, 0.5) is 5.69 Å². The molecule has 27 heavy (non-hydrogen) atoms. The number of rotatable bonds is 6. The Kier molecular flexibility index (Phi) is 5.91. The first kappa shape index (κ1) is 19.1. The molecular weight excluding hydrogens is 358 g/mol. The van der Waals surface area contributed by atoms with Gasteiger partial charge < -0.3 is 5.32 Å². The topological polar surface area (TPSA) is 72.7 Å². The second kappa shape index (κ2) is 8.35. The summed E-state index contributed by atoms with van der Waals surface area (Å²) < 4.78 is 1.66. The molecule has 0 fully saturated rings. The third-order valence-corrected chi connectivity index (χ3v) is 5.43. The summed E-state index contributed by atoms with van der Waals surface area (Å²) in [4.78, 5) is 12.5. The van der Waals surface area contributed by atoms with Gasteiger partial charge in [-0.1, -0.05) is 43.0 Å². The Labute approximate surface area is 163 Å². The minimum Gasteiger partial charge on any atom is -0.325 e. The van der Waals surface area contributed by atoms with Crippen molar-refractivity contribution < 1.29 is 4.79 Å². The van der Waals surface area contributed by atoms with Gasteiger partial charge in [-0.3, -0.25) is 4.79 Å². The van der Waals surface area contributed by atoms with Crippen LogP contribution in [0.1, 0.15) is 29.2 Å². The number of aryl methyl sites for hydroxylation is 4. The fraction of sp³-hybridized carbons (Fsp3) is 0.300. The van der Waals surface area contributed by atoms with Gasteiger partial charge in [-0.15, -0.1) is 5.10 Å². The van der Waals surface area contributed by atoms with Crippen LogP contribution in [0.15, 0.2) is 41.6 Å². The Balaban J connectivity index is 1.70. The second-order valence-corrected chi connectivity index (χ2v) is 7.38. The zero-order valence-electron chi connectivity index (χ0n) is 16.0. The number of anilines is 1. The lowest BCUT2D eigenvalue weighted by Gasteiger charge is -2.12. The highest BCUT2D eigenvalue weighted by atomic mass is 32.2. The Morgan fingerprint density at radius 2 is 1.93 bits per heavy atom. The Morgan fingerprint density at radius 1 is 1.11 bits per heavy atom. The molecule has 0 saturated heterocycles. The van der Waals surface area contributed by atoms with Crippen molar-refractivity contribution in [3.63, 3.8) is 0 Å². The smallest absolute Gasteiger partial charge is 0.234 e. The van der Waals surface area contributed by atoms with Crippen LogP contribution < -0.4 is 5.32 Å². The van der Waals surface area contributed by atoms with Crippen molar-refractivity contribution in [2.45, 2.75) is 39.3 Å². The van der Waals surface area contributed by atoms with E-state index < -0.39 is 0 Å². The highest BCUT2D eigenvalue weighted by Gasteiger charge is 2.14. The number of benzene rings is 2.